The lowest BCUT2D eigenvalue weighted by Gasteiger charge is -2.08. The van der Waals surface area contributed by atoms with Crippen molar-refractivity contribution in [3.63, 3.8) is 0 Å². The van der Waals surface area contributed by atoms with E-state index in [2.05, 4.69) is 26.6 Å². The van der Waals surface area contributed by atoms with Crippen LogP contribution >= 0.6 is 15.9 Å². The Kier molecular flexibility index (Phi) is 4.33. The van der Waals surface area contributed by atoms with Crippen molar-refractivity contribution in [1.29, 1.82) is 5.26 Å². The van der Waals surface area contributed by atoms with Gasteiger partial charge in [-0.15, -0.1) is 0 Å². The maximum Gasteiger partial charge on any atom is 0.323 e. The van der Waals surface area contributed by atoms with Gasteiger partial charge in [-0.25, -0.2) is 9.18 Å². The van der Waals surface area contributed by atoms with Crippen LogP contribution in [0.4, 0.5) is 20.6 Å². The molecule has 4 nitrogen and oxygen atoms in total. The highest BCUT2D eigenvalue weighted by Gasteiger charge is 2.05. The van der Waals surface area contributed by atoms with E-state index in [0.717, 1.165) is 0 Å². The number of amides is 2. The number of urea groups is 1. The minimum absolute atomic E-state index is 0.329. The minimum atomic E-state index is -0.489. The highest BCUT2D eigenvalue weighted by molar-refractivity contribution is 9.10. The van der Waals surface area contributed by atoms with E-state index in [-0.39, 0.29) is 0 Å². The Morgan fingerprint density at radius 1 is 1.10 bits per heavy atom. The predicted molar refractivity (Wildman–Crippen MR) is 77.9 cm³/mol. The van der Waals surface area contributed by atoms with Crippen molar-refractivity contribution < 1.29 is 9.18 Å². The first kappa shape index (κ1) is 14.0. The molecule has 0 fully saturated rings. The summed E-state index contributed by atoms with van der Waals surface area (Å²) in [6.45, 7) is 0. The first-order valence-electron chi connectivity index (χ1n) is 5.62. The van der Waals surface area contributed by atoms with Crippen molar-refractivity contribution in [2.75, 3.05) is 10.6 Å². The van der Waals surface area contributed by atoms with E-state index >= 15 is 0 Å². The van der Waals surface area contributed by atoms with E-state index in [4.69, 9.17) is 5.26 Å². The highest BCUT2D eigenvalue weighted by atomic mass is 79.9. The molecule has 0 radical (unpaired) electrons. The molecule has 0 aliphatic rings. The molecule has 0 unspecified atom stereocenters. The lowest BCUT2D eigenvalue weighted by Crippen LogP contribution is -2.19. The molecule has 0 aliphatic carbocycles. The van der Waals surface area contributed by atoms with Gasteiger partial charge in [-0.3, -0.25) is 0 Å². The summed E-state index contributed by atoms with van der Waals surface area (Å²) in [7, 11) is 0. The monoisotopic (exact) mass is 333 g/mol. The van der Waals surface area contributed by atoms with Gasteiger partial charge in [0.1, 0.15) is 5.82 Å². The number of benzene rings is 2. The number of anilines is 2. The van der Waals surface area contributed by atoms with E-state index in [1.54, 1.807) is 30.3 Å². The van der Waals surface area contributed by atoms with Gasteiger partial charge in [-0.1, -0.05) is 0 Å². The van der Waals surface area contributed by atoms with E-state index in [1.165, 1.54) is 12.1 Å². The molecule has 0 aromatic heterocycles. The Hall–Kier alpha value is -2.39. The smallest absolute Gasteiger partial charge is 0.308 e. The Balaban J connectivity index is 2.01. The third-order valence-corrected chi connectivity index (χ3v) is 3.09. The molecular weight excluding hydrogens is 325 g/mol. The summed E-state index contributed by atoms with van der Waals surface area (Å²) in [5.74, 6) is -0.457. The quantitative estimate of drug-likeness (QED) is 0.868. The molecular formula is C14H9BrFN3O. The van der Waals surface area contributed by atoms with Crippen LogP contribution in [0.2, 0.25) is 0 Å². The van der Waals surface area contributed by atoms with Gasteiger partial charge in [0.25, 0.3) is 0 Å². The number of carbonyl (C=O) groups is 1. The third kappa shape index (κ3) is 3.56. The average Bonchev–Trinajstić information content (AvgIpc) is 2.44. The second-order valence-corrected chi connectivity index (χ2v) is 4.75. The van der Waals surface area contributed by atoms with E-state index < -0.39 is 11.8 Å². The van der Waals surface area contributed by atoms with Gasteiger partial charge in [0, 0.05) is 11.4 Å². The fraction of sp³-hybridized carbons (Fsp3) is 0. The number of hydrogen-bond donors (Lipinski definition) is 2. The molecule has 6 heteroatoms. The van der Waals surface area contributed by atoms with Crippen LogP contribution in [0, 0.1) is 17.1 Å². The third-order valence-electron chi connectivity index (χ3n) is 2.45. The summed E-state index contributed by atoms with van der Waals surface area (Å²) in [6, 6.07) is 12.2. The Morgan fingerprint density at radius 2 is 1.70 bits per heavy atom. The molecule has 100 valence electrons. The van der Waals surface area contributed by atoms with Gasteiger partial charge >= 0.3 is 6.03 Å². The maximum absolute atomic E-state index is 13.3. The van der Waals surface area contributed by atoms with Crippen LogP contribution in [-0.2, 0) is 0 Å². The molecule has 0 spiro atoms. The standard InChI is InChI=1S/C14H9BrFN3O/c15-12-6-5-11(7-13(12)16)19-14(20)18-10-3-1-9(8-17)2-4-10/h1-7H,(H2,18,19,20). The zero-order chi connectivity index (χ0) is 14.5. The number of nitriles is 1. The maximum atomic E-state index is 13.3. The molecule has 0 bridgehead atoms. The SMILES string of the molecule is N#Cc1ccc(NC(=O)Nc2ccc(Br)c(F)c2)cc1. The van der Waals surface area contributed by atoms with Gasteiger partial charge < -0.3 is 10.6 Å². The van der Waals surface area contributed by atoms with Crippen LogP contribution in [0.1, 0.15) is 5.56 Å². The van der Waals surface area contributed by atoms with Crippen LogP contribution in [-0.4, -0.2) is 6.03 Å². The predicted octanol–water partition coefficient (Wildman–Crippen LogP) is 4.10. The van der Waals surface area contributed by atoms with Crippen LogP contribution in [0.5, 0.6) is 0 Å². The van der Waals surface area contributed by atoms with Crippen LogP contribution < -0.4 is 10.6 Å². The van der Waals surface area contributed by atoms with Gasteiger partial charge in [-0.05, 0) is 58.4 Å². The van der Waals surface area contributed by atoms with E-state index in [0.29, 0.717) is 21.4 Å². The topological polar surface area (TPSA) is 64.9 Å². The summed E-state index contributed by atoms with van der Waals surface area (Å²) in [4.78, 5) is 11.7. The van der Waals surface area contributed by atoms with E-state index in [1.807, 2.05) is 6.07 Å². The number of rotatable bonds is 2. The summed E-state index contributed by atoms with van der Waals surface area (Å²) < 4.78 is 13.6. The number of nitrogens with one attached hydrogen (secondary N) is 2. The van der Waals surface area contributed by atoms with Crippen LogP contribution in [0.3, 0.4) is 0 Å². The molecule has 0 saturated heterocycles. The Labute approximate surface area is 123 Å². The molecule has 2 N–H and O–H groups in total. The highest BCUT2D eigenvalue weighted by Crippen LogP contribution is 2.19. The molecule has 20 heavy (non-hydrogen) atoms. The van der Waals surface area contributed by atoms with Gasteiger partial charge in [0.05, 0.1) is 16.1 Å². The average molecular weight is 334 g/mol. The van der Waals surface area contributed by atoms with Gasteiger partial charge in [-0.2, -0.15) is 5.26 Å². The number of hydrogen-bond acceptors (Lipinski definition) is 2. The zero-order valence-electron chi connectivity index (χ0n) is 10.2. The van der Waals surface area contributed by atoms with Crippen molar-refractivity contribution in [2.45, 2.75) is 0 Å². The largest absolute Gasteiger partial charge is 0.323 e. The molecule has 2 amide bonds. The van der Waals surface area contributed by atoms with Crippen molar-refractivity contribution in [1.82, 2.24) is 0 Å². The molecule has 2 rings (SSSR count). The summed E-state index contributed by atoms with van der Waals surface area (Å²) >= 11 is 3.03. The zero-order valence-corrected chi connectivity index (χ0v) is 11.7. The van der Waals surface area contributed by atoms with E-state index in [9.17, 15) is 9.18 Å². The molecule has 2 aromatic rings. The first-order valence-corrected chi connectivity index (χ1v) is 6.41. The summed E-state index contributed by atoms with van der Waals surface area (Å²) in [5, 5.41) is 13.8. The Morgan fingerprint density at radius 3 is 2.30 bits per heavy atom. The number of halogens is 2. The molecule has 0 atom stereocenters. The van der Waals surface area contributed by atoms with Crippen LogP contribution in [0.25, 0.3) is 0 Å². The second-order valence-electron chi connectivity index (χ2n) is 3.90. The lowest BCUT2D eigenvalue weighted by atomic mass is 10.2. The molecule has 0 aliphatic heterocycles. The van der Waals surface area contributed by atoms with Crippen molar-refractivity contribution in [2.24, 2.45) is 0 Å². The summed E-state index contributed by atoms with van der Waals surface area (Å²) in [6.07, 6.45) is 0. The Bertz CT molecular complexity index is 680. The van der Waals surface area contributed by atoms with Crippen molar-refractivity contribution in [3.8, 4) is 6.07 Å². The first-order chi connectivity index (χ1) is 9.58. The second kappa shape index (κ2) is 6.17. The van der Waals surface area contributed by atoms with Gasteiger partial charge in [0.2, 0.25) is 0 Å². The fourth-order valence-corrected chi connectivity index (χ4v) is 1.74. The molecule has 2 aromatic carbocycles. The number of nitrogens with zero attached hydrogens (tertiary/aromatic N) is 1. The minimum Gasteiger partial charge on any atom is -0.308 e. The summed E-state index contributed by atoms with van der Waals surface area (Å²) in [5.41, 5.74) is 1.39. The lowest BCUT2D eigenvalue weighted by molar-refractivity contribution is 0.262. The number of carbonyl (C=O) groups excluding carboxylic acids is 1. The molecule has 0 heterocycles. The van der Waals surface area contributed by atoms with Crippen molar-refractivity contribution >= 4 is 33.3 Å². The normalized spacial score (nSPS) is 9.65. The van der Waals surface area contributed by atoms with Crippen molar-refractivity contribution in [3.05, 3.63) is 58.3 Å². The van der Waals surface area contributed by atoms with Crippen LogP contribution in [0.15, 0.2) is 46.9 Å². The molecule has 0 saturated carbocycles. The fourth-order valence-electron chi connectivity index (χ4n) is 1.50. The van der Waals surface area contributed by atoms with Gasteiger partial charge in [0.15, 0.2) is 0 Å².